The van der Waals surface area contributed by atoms with Crippen LogP contribution >= 0.6 is 22.6 Å². The first kappa shape index (κ1) is 12.8. The maximum absolute atomic E-state index is 10.6. The van der Waals surface area contributed by atoms with Crippen LogP contribution in [-0.4, -0.2) is 17.0 Å². The summed E-state index contributed by atoms with van der Waals surface area (Å²) in [6, 6.07) is 0. The van der Waals surface area contributed by atoms with Crippen molar-refractivity contribution in [1.29, 1.82) is 0 Å². The molecule has 0 amide bonds. The second kappa shape index (κ2) is 8.36. The number of esters is 1. The maximum Gasteiger partial charge on any atom is 0.384 e. The second-order valence-corrected chi connectivity index (χ2v) is 4.95. The van der Waals surface area contributed by atoms with Crippen LogP contribution in [0, 0.1) is 11.8 Å². The molecule has 0 bridgehead atoms. The average Bonchev–Trinajstić information content (AvgIpc) is 2.10. The zero-order valence-electron chi connectivity index (χ0n) is 8.10. The van der Waals surface area contributed by atoms with Crippen LogP contribution in [0.1, 0.15) is 32.6 Å². The van der Waals surface area contributed by atoms with E-state index in [0.717, 1.165) is 16.8 Å². The lowest BCUT2D eigenvalue weighted by molar-refractivity contribution is -0.133. The summed E-state index contributed by atoms with van der Waals surface area (Å²) in [6.45, 7) is 2.20. The van der Waals surface area contributed by atoms with E-state index >= 15 is 0 Å². The number of methoxy groups -OCH3 is 1. The van der Waals surface area contributed by atoms with E-state index in [0.29, 0.717) is 0 Å². The maximum atomic E-state index is 10.6. The van der Waals surface area contributed by atoms with Crippen LogP contribution in [0.5, 0.6) is 0 Å². The average molecular weight is 294 g/mol. The van der Waals surface area contributed by atoms with Gasteiger partial charge in [-0.05, 0) is 12.8 Å². The molecule has 0 radical (unpaired) electrons. The summed E-state index contributed by atoms with van der Waals surface area (Å²) in [5.41, 5.74) is 0. The minimum absolute atomic E-state index is 0.442. The Balaban J connectivity index is 3.33. The number of hydrogen-bond donors (Lipinski definition) is 0. The Labute approximate surface area is 93.6 Å². The van der Waals surface area contributed by atoms with Crippen LogP contribution in [0.2, 0.25) is 0 Å². The number of halogens is 1. The molecule has 0 saturated carbocycles. The van der Waals surface area contributed by atoms with Crippen molar-refractivity contribution in [1.82, 2.24) is 0 Å². The number of rotatable bonds is 4. The number of unbranched alkanes of at least 4 members (excludes halogenated alkanes) is 2. The van der Waals surface area contributed by atoms with Crippen molar-refractivity contribution in [2.45, 2.75) is 36.5 Å². The normalized spacial score (nSPS) is 11.3. The van der Waals surface area contributed by atoms with Gasteiger partial charge in [-0.2, -0.15) is 0 Å². The third kappa shape index (κ3) is 9.68. The minimum atomic E-state index is -0.442. The van der Waals surface area contributed by atoms with Crippen molar-refractivity contribution in [2.24, 2.45) is 0 Å². The third-order valence-corrected chi connectivity index (χ3v) is 2.15. The van der Waals surface area contributed by atoms with E-state index in [-0.39, 0.29) is 0 Å². The van der Waals surface area contributed by atoms with Crippen LogP contribution in [-0.2, 0) is 9.53 Å². The van der Waals surface area contributed by atoms with Gasteiger partial charge in [0.05, 0.1) is 7.11 Å². The molecule has 1 atom stereocenters. The van der Waals surface area contributed by atoms with Crippen LogP contribution in [0.4, 0.5) is 0 Å². The van der Waals surface area contributed by atoms with Crippen LogP contribution in [0.3, 0.4) is 0 Å². The lowest BCUT2D eigenvalue weighted by atomic mass is 10.2. The first-order chi connectivity index (χ1) is 6.16. The molecule has 0 saturated heterocycles. The Morgan fingerprint density at radius 1 is 1.54 bits per heavy atom. The number of carbonyl (C=O) groups excluding carboxylic acids is 1. The lowest BCUT2D eigenvalue weighted by Crippen LogP contribution is -1.94. The van der Waals surface area contributed by atoms with Crippen LogP contribution < -0.4 is 0 Å². The molecule has 2 nitrogen and oxygen atoms in total. The fraction of sp³-hybridized carbons (Fsp3) is 0.700. The first-order valence-corrected chi connectivity index (χ1v) is 5.62. The van der Waals surface area contributed by atoms with Gasteiger partial charge >= 0.3 is 5.97 Å². The molecule has 0 aliphatic carbocycles. The highest BCUT2D eigenvalue weighted by Gasteiger charge is 1.94. The molecule has 3 heteroatoms. The van der Waals surface area contributed by atoms with E-state index in [9.17, 15) is 4.79 Å². The molecule has 0 fully saturated rings. The number of hydrogen-bond acceptors (Lipinski definition) is 2. The standard InChI is InChI=1S/C10H15IO2/c1-9(11)7-5-3-4-6-8-10(12)13-2/h9H,3-5,7H2,1-2H3. The van der Waals surface area contributed by atoms with Crippen LogP contribution in [0.15, 0.2) is 0 Å². The molecule has 0 aliphatic rings. The Kier molecular flexibility index (Phi) is 8.21. The smallest absolute Gasteiger partial charge is 0.384 e. The number of carbonyl (C=O) groups is 1. The van der Waals surface area contributed by atoms with Crippen molar-refractivity contribution >= 4 is 28.6 Å². The fourth-order valence-corrected chi connectivity index (χ4v) is 1.27. The van der Waals surface area contributed by atoms with Gasteiger partial charge < -0.3 is 4.74 Å². The quantitative estimate of drug-likeness (QED) is 0.199. The van der Waals surface area contributed by atoms with Gasteiger partial charge in [-0.15, -0.1) is 0 Å². The van der Waals surface area contributed by atoms with E-state index in [1.165, 1.54) is 20.0 Å². The lowest BCUT2D eigenvalue weighted by Gasteiger charge is -1.99. The molecular weight excluding hydrogens is 279 g/mol. The zero-order valence-corrected chi connectivity index (χ0v) is 10.3. The van der Waals surface area contributed by atoms with Crippen molar-refractivity contribution in [3.8, 4) is 11.8 Å². The summed E-state index contributed by atoms with van der Waals surface area (Å²) in [6.07, 6.45) is 4.26. The zero-order chi connectivity index (χ0) is 10.1. The predicted octanol–water partition coefficient (Wildman–Crippen LogP) is 2.55. The summed E-state index contributed by atoms with van der Waals surface area (Å²) in [5.74, 6) is 4.75. The second-order valence-electron chi connectivity index (χ2n) is 2.82. The molecule has 0 heterocycles. The molecule has 13 heavy (non-hydrogen) atoms. The van der Waals surface area contributed by atoms with Gasteiger partial charge in [0, 0.05) is 16.3 Å². The largest absolute Gasteiger partial charge is 0.459 e. The highest BCUT2D eigenvalue weighted by atomic mass is 127. The Morgan fingerprint density at radius 3 is 2.77 bits per heavy atom. The monoisotopic (exact) mass is 294 g/mol. The van der Waals surface area contributed by atoms with Crippen molar-refractivity contribution < 1.29 is 9.53 Å². The summed E-state index contributed by atoms with van der Waals surface area (Å²) in [4.78, 5) is 10.6. The predicted molar refractivity (Wildman–Crippen MR) is 61.7 cm³/mol. The van der Waals surface area contributed by atoms with E-state index in [1.54, 1.807) is 0 Å². The molecule has 0 aromatic carbocycles. The SMILES string of the molecule is COC(=O)C#CCCCCC(C)I. The Bertz CT molecular complexity index is 201. The van der Waals surface area contributed by atoms with Crippen LogP contribution in [0.25, 0.3) is 0 Å². The van der Waals surface area contributed by atoms with Crippen molar-refractivity contribution in [2.75, 3.05) is 7.11 Å². The minimum Gasteiger partial charge on any atom is -0.459 e. The van der Waals surface area contributed by atoms with Gasteiger partial charge in [0.15, 0.2) is 0 Å². The summed E-state index contributed by atoms with van der Waals surface area (Å²) in [7, 11) is 1.34. The van der Waals surface area contributed by atoms with Gasteiger partial charge in [-0.25, -0.2) is 4.79 Å². The van der Waals surface area contributed by atoms with Gasteiger partial charge in [-0.1, -0.05) is 41.9 Å². The molecule has 1 unspecified atom stereocenters. The molecule has 0 aromatic heterocycles. The third-order valence-electron chi connectivity index (χ3n) is 1.53. The summed E-state index contributed by atoms with van der Waals surface area (Å²) >= 11 is 2.41. The number of alkyl halides is 1. The van der Waals surface area contributed by atoms with E-state index < -0.39 is 5.97 Å². The van der Waals surface area contributed by atoms with E-state index in [1.807, 2.05) is 0 Å². The fourth-order valence-electron chi connectivity index (χ4n) is 0.825. The van der Waals surface area contributed by atoms with Gasteiger partial charge in [-0.3, -0.25) is 0 Å². The van der Waals surface area contributed by atoms with Gasteiger partial charge in [0.2, 0.25) is 0 Å². The Hall–Kier alpha value is -0.240. The Morgan fingerprint density at radius 2 is 2.23 bits per heavy atom. The highest BCUT2D eigenvalue weighted by Crippen LogP contribution is 2.09. The number of ether oxygens (including phenoxy) is 1. The van der Waals surface area contributed by atoms with Gasteiger partial charge in [0.25, 0.3) is 0 Å². The first-order valence-electron chi connectivity index (χ1n) is 4.37. The molecular formula is C10H15IO2. The van der Waals surface area contributed by atoms with Gasteiger partial charge in [0.1, 0.15) is 0 Å². The van der Waals surface area contributed by atoms with Crippen molar-refractivity contribution in [3.05, 3.63) is 0 Å². The molecule has 0 aliphatic heterocycles. The topological polar surface area (TPSA) is 26.3 Å². The van der Waals surface area contributed by atoms with E-state index in [4.69, 9.17) is 0 Å². The molecule has 0 spiro atoms. The van der Waals surface area contributed by atoms with Crippen molar-refractivity contribution in [3.63, 3.8) is 0 Å². The summed E-state index contributed by atoms with van der Waals surface area (Å²) < 4.78 is 5.11. The molecule has 74 valence electrons. The molecule has 0 N–H and O–H groups in total. The summed E-state index contributed by atoms with van der Waals surface area (Å²) in [5, 5.41) is 0. The molecule has 0 aromatic rings. The molecule has 0 rings (SSSR count). The highest BCUT2D eigenvalue weighted by molar-refractivity contribution is 14.1. The van der Waals surface area contributed by atoms with E-state index in [2.05, 4.69) is 46.1 Å².